The molecule has 37 heavy (non-hydrogen) atoms. The number of imide groups is 1. The van der Waals surface area contributed by atoms with Gasteiger partial charge in [-0.25, -0.2) is 4.90 Å². The summed E-state index contributed by atoms with van der Waals surface area (Å²) in [6.07, 6.45) is -1.18. The van der Waals surface area contributed by atoms with Gasteiger partial charge in [0.1, 0.15) is 0 Å². The lowest BCUT2D eigenvalue weighted by Gasteiger charge is -2.27. The molecule has 2 amide bonds. The van der Waals surface area contributed by atoms with Gasteiger partial charge in [-0.15, -0.1) is 0 Å². The third-order valence-corrected chi connectivity index (χ3v) is 7.35. The molecular weight excluding hydrogens is 507 g/mol. The van der Waals surface area contributed by atoms with Crippen molar-refractivity contribution < 1.29 is 33.2 Å². The Bertz CT molecular complexity index is 1540. The highest BCUT2D eigenvalue weighted by Gasteiger charge is 2.74. The molecule has 2 saturated heterocycles. The second-order valence-corrected chi connectivity index (χ2v) is 9.37. The lowest BCUT2D eigenvalue weighted by Crippen LogP contribution is -2.51. The third-order valence-electron chi connectivity index (χ3n) is 7.10. The number of carbonyl (C=O) groups excluding carboxylic acids is 4. The van der Waals surface area contributed by atoms with Crippen molar-refractivity contribution in [3.05, 3.63) is 104 Å². The van der Waals surface area contributed by atoms with Gasteiger partial charge in [-0.2, -0.15) is 4.39 Å². The lowest BCUT2D eigenvalue weighted by molar-refractivity contribution is -0.387. The van der Waals surface area contributed by atoms with E-state index < -0.39 is 63.3 Å². The van der Waals surface area contributed by atoms with Gasteiger partial charge >= 0.3 is 5.69 Å². The van der Waals surface area contributed by atoms with Gasteiger partial charge < -0.3 is 4.74 Å². The summed E-state index contributed by atoms with van der Waals surface area (Å²) < 4.78 is 20.1. The molecule has 11 heteroatoms. The molecule has 2 fully saturated rings. The molecule has 1 aliphatic carbocycles. The Labute approximate surface area is 212 Å². The van der Waals surface area contributed by atoms with E-state index in [-0.39, 0.29) is 16.8 Å². The van der Waals surface area contributed by atoms with Crippen LogP contribution in [0.5, 0.6) is 0 Å². The van der Waals surface area contributed by atoms with Crippen LogP contribution in [0.1, 0.15) is 32.4 Å². The van der Waals surface area contributed by atoms with Crippen LogP contribution < -0.4 is 4.90 Å². The predicted molar refractivity (Wildman–Crippen MR) is 126 cm³/mol. The average molecular weight is 521 g/mol. The maximum atomic E-state index is 14.0. The highest BCUT2D eigenvalue weighted by molar-refractivity contribution is 6.37. The number of nitro groups is 1. The van der Waals surface area contributed by atoms with Crippen LogP contribution in [-0.2, 0) is 14.3 Å². The summed E-state index contributed by atoms with van der Waals surface area (Å²) in [5.74, 6) is -7.26. The summed E-state index contributed by atoms with van der Waals surface area (Å²) in [5.41, 5.74) is -2.94. The zero-order valence-electron chi connectivity index (χ0n) is 18.6. The van der Waals surface area contributed by atoms with Gasteiger partial charge in [-0.1, -0.05) is 48.0 Å². The van der Waals surface area contributed by atoms with E-state index in [1.54, 1.807) is 24.3 Å². The van der Waals surface area contributed by atoms with Crippen molar-refractivity contribution in [2.45, 2.75) is 11.7 Å². The molecule has 3 aromatic rings. The van der Waals surface area contributed by atoms with Crippen molar-refractivity contribution in [3.63, 3.8) is 0 Å². The molecule has 1 spiro atoms. The van der Waals surface area contributed by atoms with Crippen molar-refractivity contribution in [1.29, 1.82) is 0 Å². The Morgan fingerprint density at radius 3 is 2.14 bits per heavy atom. The first kappa shape index (κ1) is 23.1. The Hall–Kier alpha value is -4.28. The Kier molecular flexibility index (Phi) is 4.91. The molecule has 9 nitrogen and oxygen atoms in total. The topological polar surface area (TPSA) is 124 Å². The molecule has 0 unspecified atom stereocenters. The second-order valence-electron chi connectivity index (χ2n) is 8.94. The van der Waals surface area contributed by atoms with Crippen molar-refractivity contribution in [3.8, 4) is 0 Å². The van der Waals surface area contributed by atoms with Gasteiger partial charge in [0.15, 0.2) is 0 Å². The van der Waals surface area contributed by atoms with E-state index in [1.165, 1.54) is 24.3 Å². The molecule has 0 aromatic heterocycles. The maximum absolute atomic E-state index is 14.0. The number of ether oxygens (including phenoxy) is 1. The van der Waals surface area contributed by atoms with Crippen LogP contribution in [0.25, 0.3) is 0 Å². The van der Waals surface area contributed by atoms with Gasteiger partial charge in [0.2, 0.25) is 34.8 Å². The van der Waals surface area contributed by atoms with Gasteiger partial charge in [0.05, 0.1) is 28.6 Å². The SMILES string of the molecule is O=C1[C@H]2[C@@H](c3ccc(Cl)cc3)OC3(C(=O)c4ccccc4C3=O)[C@H]2C(=O)N1c1ccc(F)c([N+](=O)[O-])c1. The van der Waals surface area contributed by atoms with Crippen molar-refractivity contribution in [1.82, 2.24) is 0 Å². The molecule has 184 valence electrons. The highest BCUT2D eigenvalue weighted by atomic mass is 35.5. The number of carbonyl (C=O) groups is 4. The van der Waals surface area contributed by atoms with Gasteiger partial charge in [0, 0.05) is 22.2 Å². The van der Waals surface area contributed by atoms with Crippen LogP contribution in [0.2, 0.25) is 5.02 Å². The van der Waals surface area contributed by atoms with Crippen molar-refractivity contribution in [2.75, 3.05) is 4.90 Å². The molecule has 2 heterocycles. The van der Waals surface area contributed by atoms with Crippen molar-refractivity contribution in [2.24, 2.45) is 11.8 Å². The molecule has 6 rings (SSSR count). The van der Waals surface area contributed by atoms with E-state index in [9.17, 15) is 33.7 Å². The maximum Gasteiger partial charge on any atom is 0.306 e. The van der Waals surface area contributed by atoms with E-state index in [1.807, 2.05) is 0 Å². The van der Waals surface area contributed by atoms with Crippen LogP contribution in [0.4, 0.5) is 15.8 Å². The number of ketones is 2. The number of hydrogen-bond donors (Lipinski definition) is 0. The first-order chi connectivity index (χ1) is 17.7. The van der Waals surface area contributed by atoms with Crippen LogP contribution >= 0.6 is 11.6 Å². The minimum atomic E-state index is -2.30. The molecule has 0 radical (unpaired) electrons. The number of amides is 2. The Balaban J connectivity index is 1.54. The van der Waals surface area contributed by atoms with Crippen LogP contribution in [0, 0.1) is 27.8 Å². The highest BCUT2D eigenvalue weighted by Crippen LogP contribution is 2.57. The second kappa shape index (κ2) is 7.86. The summed E-state index contributed by atoms with van der Waals surface area (Å²) >= 11 is 6.00. The average Bonchev–Trinajstić information content (AvgIpc) is 3.45. The third kappa shape index (κ3) is 3.00. The number of halogens is 2. The molecule has 0 bridgehead atoms. The largest absolute Gasteiger partial charge is 0.349 e. The number of nitro benzene ring substituents is 1. The van der Waals surface area contributed by atoms with Gasteiger partial charge in [-0.3, -0.25) is 29.3 Å². The Morgan fingerprint density at radius 2 is 1.54 bits per heavy atom. The number of rotatable bonds is 3. The fourth-order valence-electron chi connectivity index (χ4n) is 5.51. The summed E-state index contributed by atoms with van der Waals surface area (Å²) in [7, 11) is 0. The molecule has 2 aliphatic heterocycles. The normalized spacial score (nSPS) is 23.6. The zero-order chi connectivity index (χ0) is 26.2. The minimum Gasteiger partial charge on any atom is -0.349 e. The first-order valence-electron chi connectivity index (χ1n) is 11.1. The summed E-state index contributed by atoms with van der Waals surface area (Å²) in [4.78, 5) is 66.0. The smallest absolute Gasteiger partial charge is 0.306 e. The fraction of sp³-hybridized carbons (Fsp3) is 0.154. The molecule has 0 N–H and O–H groups in total. The summed E-state index contributed by atoms with van der Waals surface area (Å²) in [6.45, 7) is 0. The summed E-state index contributed by atoms with van der Waals surface area (Å²) in [5, 5.41) is 11.7. The molecular formula is C26H14ClFN2O7. The van der Waals surface area contributed by atoms with Gasteiger partial charge in [-0.05, 0) is 29.8 Å². The fourth-order valence-corrected chi connectivity index (χ4v) is 5.63. The molecule has 3 aromatic carbocycles. The number of nitrogens with zero attached hydrogens (tertiary/aromatic N) is 2. The van der Waals surface area contributed by atoms with E-state index in [0.717, 1.165) is 18.2 Å². The first-order valence-corrected chi connectivity index (χ1v) is 11.5. The van der Waals surface area contributed by atoms with E-state index in [4.69, 9.17) is 16.3 Å². The van der Waals surface area contributed by atoms with Crippen molar-refractivity contribution >= 4 is 46.4 Å². The van der Waals surface area contributed by atoms with E-state index in [0.29, 0.717) is 15.5 Å². The summed E-state index contributed by atoms with van der Waals surface area (Å²) in [6, 6.07) is 14.8. The number of Topliss-reactive ketones (excluding diaryl/α,β-unsaturated/α-hetero) is 2. The molecule has 3 aliphatic rings. The molecule has 0 saturated carbocycles. The standard InChI is InChI=1S/C26H14ClFN2O7/c27-13-7-5-12(6-8-13)21-19-20(26(37-21)22(31)15-3-1-2-4-16(15)23(26)32)25(34)29(24(19)33)14-9-10-17(28)18(11-14)30(35)36/h1-11,19-21H/t19-,20-,21-/m1/s1. The lowest BCUT2D eigenvalue weighted by atomic mass is 9.77. The van der Waals surface area contributed by atoms with Crippen LogP contribution in [0.15, 0.2) is 66.7 Å². The predicted octanol–water partition coefficient (Wildman–Crippen LogP) is 4.08. The zero-order valence-corrected chi connectivity index (χ0v) is 19.3. The van der Waals surface area contributed by atoms with Crippen LogP contribution in [-0.4, -0.2) is 33.9 Å². The number of benzene rings is 3. The molecule has 3 atom stereocenters. The number of fused-ring (bicyclic) bond motifs is 3. The minimum absolute atomic E-state index is 0.0686. The monoisotopic (exact) mass is 520 g/mol. The quantitative estimate of drug-likeness (QED) is 0.220. The van der Waals surface area contributed by atoms with E-state index in [2.05, 4.69) is 0 Å². The number of hydrogen-bond acceptors (Lipinski definition) is 7. The van der Waals surface area contributed by atoms with Crippen LogP contribution in [0.3, 0.4) is 0 Å². The van der Waals surface area contributed by atoms with Gasteiger partial charge in [0.25, 0.3) is 0 Å². The number of anilines is 1. The Morgan fingerprint density at radius 1 is 0.919 bits per heavy atom. The van der Waals surface area contributed by atoms with E-state index >= 15 is 0 Å².